The number of fused-ring (bicyclic) bond motifs is 1. The Bertz CT molecular complexity index is 696. The summed E-state index contributed by atoms with van der Waals surface area (Å²) in [7, 11) is 0. The Morgan fingerprint density at radius 3 is 2.86 bits per heavy atom. The van der Waals surface area contributed by atoms with Crippen LogP contribution >= 0.6 is 0 Å². The lowest BCUT2D eigenvalue weighted by Crippen LogP contribution is -2.26. The molecule has 0 radical (unpaired) electrons. The molecule has 3 rings (SSSR count). The number of pyridine rings is 2. The lowest BCUT2D eigenvalue weighted by Gasteiger charge is -2.20. The smallest absolute Gasteiger partial charge is 0.136 e. The van der Waals surface area contributed by atoms with E-state index < -0.39 is 0 Å². The normalized spacial score (nSPS) is 11.3. The minimum absolute atomic E-state index is 0.136. The quantitative estimate of drug-likeness (QED) is 0.748. The molecular formula is C16H18N4O. The highest BCUT2D eigenvalue weighted by atomic mass is 16.3. The first-order valence-corrected chi connectivity index (χ1v) is 7.00. The summed E-state index contributed by atoms with van der Waals surface area (Å²) in [5, 5.41) is 9.28. The third-order valence-electron chi connectivity index (χ3n) is 3.42. The Morgan fingerprint density at radius 1 is 1.10 bits per heavy atom. The van der Waals surface area contributed by atoms with Crippen molar-refractivity contribution in [3.8, 4) is 0 Å². The number of aliphatic hydroxyl groups is 1. The van der Waals surface area contributed by atoms with Crippen LogP contribution in [0.3, 0.4) is 0 Å². The first kappa shape index (κ1) is 13.7. The summed E-state index contributed by atoms with van der Waals surface area (Å²) in [6.07, 6.45) is 7.53. The van der Waals surface area contributed by atoms with Crippen molar-refractivity contribution in [1.29, 1.82) is 0 Å². The van der Waals surface area contributed by atoms with E-state index in [4.69, 9.17) is 0 Å². The van der Waals surface area contributed by atoms with E-state index in [1.54, 1.807) is 6.20 Å². The van der Waals surface area contributed by atoms with Gasteiger partial charge in [0.05, 0.1) is 18.5 Å². The summed E-state index contributed by atoms with van der Waals surface area (Å²) in [6.45, 7) is 2.25. The predicted octanol–water partition coefficient (Wildman–Crippen LogP) is 1.72. The Morgan fingerprint density at radius 2 is 2.05 bits per heavy atom. The van der Waals surface area contributed by atoms with Gasteiger partial charge in [0.1, 0.15) is 5.65 Å². The second kappa shape index (κ2) is 6.47. The molecule has 3 aromatic rings. The molecular weight excluding hydrogens is 264 g/mol. The zero-order valence-electron chi connectivity index (χ0n) is 11.8. The van der Waals surface area contributed by atoms with Gasteiger partial charge < -0.3 is 9.51 Å². The highest BCUT2D eigenvalue weighted by Crippen LogP contribution is 2.11. The maximum absolute atomic E-state index is 9.28. The number of rotatable bonds is 6. The van der Waals surface area contributed by atoms with Crippen molar-refractivity contribution in [2.24, 2.45) is 0 Å². The first-order valence-electron chi connectivity index (χ1n) is 7.00. The van der Waals surface area contributed by atoms with Crippen LogP contribution in [0.2, 0.25) is 0 Å². The topological polar surface area (TPSA) is 53.7 Å². The summed E-state index contributed by atoms with van der Waals surface area (Å²) < 4.78 is 2.08. The fraction of sp³-hybridized carbons (Fsp3) is 0.250. The third-order valence-corrected chi connectivity index (χ3v) is 3.42. The summed E-state index contributed by atoms with van der Waals surface area (Å²) in [5.74, 6) is 0. The fourth-order valence-electron chi connectivity index (χ4n) is 2.44. The van der Waals surface area contributed by atoms with Gasteiger partial charge in [0.2, 0.25) is 0 Å². The van der Waals surface area contributed by atoms with E-state index >= 15 is 0 Å². The molecule has 0 bridgehead atoms. The van der Waals surface area contributed by atoms with Crippen LogP contribution in [0, 0.1) is 0 Å². The maximum atomic E-state index is 9.28. The van der Waals surface area contributed by atoms with Gasteiger partial charge in [-0.1, -0.05) is 12.1 Å². The van der Waals surface area contributed by atoms with Gasteiger partial charge in [-0.15, -0.1) is 0 Å². The molecule has 0 aliphatic rings. The Hall–Kier alpha value is -2.24. The average Bonchev–Trinajstić information content (AvgIpc) is 2.92. The Kier molecular flexibility index (Phi) is 4.23. The summed E-state index contributed by atoms with van der Waals surface area (Å²) in [5.41, 5.74) is 3.19. The minimum Gasteiger partial charge on any atom is -0.395 e. The maximum Gasteiger partial charge on any atom is 0.136 e. The molecule has 0 atom stereocenters. The van der Waals surface area contributed by atoms with E-state index in [0.29, 0.717) is 6.54 Å². The van der Waals surface area contributed by atoms with Crippen LogP contribution in [-0.2, 0) is 13.1 Å². The first-order chi connectivity index (χ1) is 10.4. The van der Waals surface area contributed by atoms with Crippen molar-refractivity contribution in [2.75, 3.05) is 13.2 Å². The van der Waals surface area contributed by atoms with Crippen LogP contribution in [0.5, 0.6) is 0 Å². The van der Waals surface area contributed by atoms with Gasteiger partial charge in [-0.25, -0.2) is 4.98 Å². The zero-order valence-corrected chi connectivity index (χ0v) is 11.8. The van der Waals surface area contributed by atoms with Gasteiger partial charge in [-0.2, -0.15) is 0 Å². The van der Waals surface area contributed by atoms with Crippen LogP contribution in [0.25, 0.3) is 5.65 Å². The number of nitrogens with zero attached hydrogens (tertiary/aromatic N) is 4. The molecule has 3 heterocycles. The van der Waals surface area contributed by atoms with E-state index in [1.165, 1.54) is 0 Å². The van der Waals surface area contributed by atoms with Crippen LogP contribution in [0.15, 0.2) is 55.1 Å². The highest BCUT2D eigenvalue weighted by molar-refractivity contribution is 5.39. The summed E-state index contributed by atoms with van der Waals surface area (Å²) >= 11 is 0. The standard InChI is InChI=1S/C16H18N4O/c21-9-8-19(12-14-4-3-6-17-10-14)13-15-11-18-16-5-1-2-7-20(15)16/h1-7,10-11,21H,8-9,12-13H2. The van der Waals surface area contributed by atoms with Crippen molar-refractivity contribution in [3.05, 3.63) is 66.4 Å². The van der Waals surface area contributed by atoms with Gasteiger partial charge >= 0.3 is 0 Å². The molecule has 0 spiro atoms. The van der Waals surface area contributed by atoms with Crippen LogP contribution in [-0.4, -0.2) is 37.5 Å². The lowest BCUT2D eigenvalue weighted by atomic mass is 10.2. The molecule has 0 aliphatic carbocycles. The second-order valence-electron chi connectivity index (χ2n) is 4.97. The zero-order chi connectivity index (χ0) is 14.5. The molecule has 5 nitrogen and oxygen atoms in total. The highest BCUT2D eigenvalue weighted by Gasteiger charge is 2.10. The number of hydrogen-bond acceptors (Lipinski definition) is 4. The molecule has 0 aromatic carbocycles. The number of aromatic nitrogens is 3. The largest absolute Gasteiger partial charge is 0.395 e. The summed E-state index contributed by atoms with van der Waals surface area (Å²) in [6, 6.07) is 9.94. The van der Waals surface area contributed by atoms with Crippen LogP contribution in [0.1, 0.15) is 11.3 Å². The second-order valence-corrected chi connectivity index (χ2v) is 4.97. The van der Waals surface area contributed by atoms with Crippen LogP contribution < -0.4 is 0 Å². The van der Waals surface area contributed by atoms with Crippen molar-refractivity contribution < 1.29 is 5.11 Å². The van der Waals surface area contributed by atoms with Crippen LogP contribution in [0.4, 0.5) is 0 Å². The van der Waals surface area contributed by atoms with E-state index in [0.717, 1.165) is 30.0 Å². The average molecular weight is 282 g/mol. The Labute approximate surface area is 123 Å². The van der Waals surface area contributed by atoms with Gasteiger partial charge in [0.25, 0.3) is 0 Å². The van der Waals surface area contributed by atoms with Crippen molar-refractivity contribution in [3.63, 3.8) is 0 Å². The number of hydrogen-bond donors (Lipinski definition) is 1. The van der Waals surface area contributed by atoms with Crippen molar-refractivity contribution >= 4 is 5.65 Å². The Balaban J connectivity index is 1.78. The van der Waals surface area contributed by atoms with Gasteiger partial charge in [0, 0.05) is 38.2 Å². The molecule has 0 saturated carbocycles. The SMILES string of the molecule is OCCN(Cc1cccnc1)Cc1cnc2ccccn12. The van der Waals surface area contributed by atoms with E-state index in [2.05, 4.69) is 19.3 Å². The van der Waals surface area contributed by atoms with Gasteiger partial charge in [-0.3, -0.25) is 9.88 Å². The van der Waals surface area contributed by atoms with Gasteiger partial charge in [0.15, 0.2) is 0 Å². The van der Waals surface area contributed by atoms with Gasteiger partial charge in [-0.05, 0) is 23.8 Å². The lowest BCUT2D eigenvalue weighted by molar-refractivity contribution is 0.182. The molecule has 0 unspecified atom stereocenters. The third kappa shape index (κ3) is 3.26. The number of imidazole rings is 1. The molecule has 0 aliphatic heterocycles. The fourth-order valence-corrected chi connectivity index (χ4v) is 2.44. The molecule has 5 heteroatoms. The molecule has 21 heavy (non-hydrogen) atoms. The monoisotopic (exact) mass is 282 g/mol. The minimum atomic E-state index is 0.136. The van der Waals surface area contributed by atoms with E-state index in [-0.39, 0.29) is 6.61 Å². The van der Waals surface area contributed by atoms with Crippen molar-refractivity contribution in [2.45, 2.75) is 13.1 Å². The van der Waals surface area contributed by atoms with Crippen molar-refractivity contribution in [1.82, 2.24) is 19.3 Å². The number of aliphatic hydroxyl groups excluding tert-OH is 1. The molecule has 0 fully saturated rings. The molecule has 3 aromatic heterocycles. The molecule has 0 amide bonds. The molecule has 1 N–H and O–H groups in total. The molecule has 108 valence electrons. The van der Waals surface area contributed by atoms with E-state index in [9.17, 15) is 5.11 Å². The molecule has 0 saturated heterocycles. The predicted molar refractivity (Wildman–Crippen MR) is 80.6 cm³/mol. The summed E-state index contributed by atoms with van der Waals surface area (Å²) in [4.78, 5) is 10.7. The van der Waals surface area contributed by atoms with E-state index in [1.807, 2.05) is 48.9 Å².